The number of likely N-dealkylation sites (tertiary alicyclic amines) is 1. The van der Waals surface area contributed by atoms with E-state index in [0.717, 1.165) is 39.0 Å². The summed E-state index contributed by atoms with van der Waals surface area (Å²) < 4.78 is 0. The van der Waals surface area contributed by atoms with E-state index >= 15 is 0 Å². The SMILES string of the molecule is CN(C)CCN(C)C1CCN(C(=O)c2cncnc2)CC1.O=CO. The van der Waals surface area contributed by atoms with Gasteiger partial charge < -0.3 is 19.8 Å². The Bertz CT molecular complexity index is 490. The minimum absolute atomic E-state index is 0.0463. The van der Waals surface area contributed by atoms with Gasteiger partial charge in [-0.1, -0.05) is 0 Å². The standard InChI is InChI=1S/C15H25N5O.CH2O2/c1-18(2)8-9-19(3)14-4-6-20(7-5-14)15(21)13-10-16-12-17-11-13;2-1-3/h10-12,14H,4-9H2,1-3H3;1H,(H,2,3). The highest BCUT2D eigenvalue weighted by Gasteiger charge is 2.25. The second-order valence-electron chi connectivity index (χ2n) is 6.04. The average Bonchev–Trinajstić information content (AvgIpc) is 2.60. The van der Waals surface area contributed by atoms with Crippen LogP contribution in [0.2, 0.25) is 0 Å². The maximum atomic E-state index is 12.3. The van der Waals surface area contributed by atoms with Crippen molar-refractivity contribution in [2.75, 3.05) is 47.3 Å². The first-order chi connectivity index (χ1) is 11.5. The van der Waals surface area contributed by atoms with Crippen molar-refractivity contribution >= 4 is 12.4 Å². The lowest BCUT2D eigenvalue weighted by Crippen LogP contribution is -2.46. The van der Waals surface area contributed by atoms with Crippen molar-refractivity contribution in [1.29, 1.82) is 0 Å². The van der Waals surface area contributed by atoms with Gasteiger partial charge in [-0.2, -0.15) is 0 Å². The van der Waals surface area contributed by atoms with Crippen molar-refractivity contribution in [2.45, 2.75) is 18.9 Å². The van der Waals surface area contributed by atoms with E-state index in [4.69, 9.17) is 9.90 Å². The summed E-state index contributed by atoms with van der Waals surface area (Å²) in [7, 11) is 6.37. The molecule has 134 valence electrons. The van der Waals surface area contributed by atoms with E-state index in [1.807, 2.05) is 4.90 Å². The summed E-state index contributed by atoms with van der Waals surface area (Å²) in [5.74, 6) is 0.0463. The highest BCUT2D eigenvalue weighted by molar-refractivity contribution is 5.93. The predicted molar refractivity (Wildman–Crippen MR) is 90.8 cm³/mol. The van der Waals surface area contributed by atoms with E-state index in [1.165, 1.54) is 6.33 Å². The van der Waals surface area contributed by atoms with Crippen molar-refractivity contribution in [1.82, 2.24) is 24.7 Å². The van der Waals surface area contributed by atoms with Gasteiger partial charge in [0.1, 0.15) is 6.33 Å². The third-order valence-corrected chi connectivity index (χ3v) is 4.08. The Kier molecular flexibility index (Phi) is 8.88. The molecule has 1 fully saturated rings. The summed E-state index contributed by atoms with van der Waals surface area (Å²) in [5, 5.41) is 6.89. The summed E-state index contributed by atoms with van der Waals surface area (Å²) in [5.41, 5.74) is 0.580. The summed E-state index contributed by atoms with van der Waals surface area (Å²) in [6.07, 6.45) is 6.69. The zero-order valence-electron chi connectivity index (χ0n) is 14.6. The number of carboxylic acid groups (broad SMARTS) is 1. The zero-order chi connectivity index (χ0) is 17.9. The van der Waals surface area contributed by atoms with Gasteiger partial charge in [0.25, 0.3) is 12.4 Å². The molecular weight excluding hydrogens is 310 g/mol. The number of amides is 1. The van der Waals surface area contributed by atoms with Crippen molar-refractivity contribution in [3.63, 3.8) is 0 Å². The second-order valence-corrected chi connectivity index (χ2v) is 6.04. The van der Waals surface area contributed by atoms with Gasteiger partial charge in [0, 0.05) is 44.6 Å². The molecule has 0 aromatic carbocycles. The Morgan fingerprint density at radius 1 is 1.25 bits per heavy atom. The Morgan fingerprint density at radius 3 is 2.29 bits per heavy atom. The Balaban J connectivity index is 0.000000891. The summed E-state index contributed by atoms with van der Waals surface area (Å²) in [6, 6.07) is 0.570. The first-order valence-electron chi connectivity index (χ1n) is 7.96. The second kappa shape index (κ2) is 10.7. The van der Waals surface area contributed by atoms with Crippen LogP contribution in [0.5, 0.6) is 0 Å². The minimum Gasteiger partial charge on any atom is -0.483 e. The number of carbonyl (C=O) groups excluding carboxylic acids is 1. The first kappa shape index (κ1) is 20.0. The fourth-order valence-electron chi connectivity index (χ4n) is 2.64. The van der Waals surface area contributed by atoms with Crippen LogP contribution in [0.25, 0.3) is 0 Å². The molecular formula is C16H27N5O3. The molecule has 1 N–H and O–H groups in total. The number of likely N-dealkylation sites (N-methyl/N-ethyl adjacent to an activating group) is 2. The maximum Gasteiger partial charge on any atom is 0.290 e. The molecule has 8 heteroatoms. The van der Waals surface area contributed by atoms with Crippen LogP contribution in [-0.4, -0.2) is 95.5 Å². The fraction of sp³-hybridized carbons (Fsp3) is 0.625. The molecule has 1 aliphatic rings. The number of hydrogen-bond acceptors (Lipinski definition) is 6. The molecule has 0 bridgehead atoms. The van der Waals surface area contributed by atoms with Crippen LogP contribution in [0.4, 0.5) is 0 Å². The molecule has 2 heterocycles. The first-order valence-corrected chi connectivity index (χ1v) is 7.96. The fourth-order valence-corrected chi connectivity index (χ4v) is 2.64. The average molecular weight is 337 g/mol. The minimum atomic E-state index is -0.250. The highest BCUT2D eigenvalue weighted by Crippen LogP contribution is 2.17. The van der Waals surface area contributed by atoms with Gasteiger partial charge in [-0.05, 0) is 34.0 Å². The van der Waals surface area contributed by atoms with Crippen LogP contribution in [0.3, 0.4) is 0 Å². The third-order valence-electron chi connectivity index (χ3n) is 4.08. The predicted octanol–water partition coefficient (Wildman–Crippen LogP) is 0.275. The van der Waals surface area contributed by atoms with Gasteiger partial charge in [0.05, 0.1) is 5.56 Å². The third kappa shape index (κ3) is 6.59. The highest BCUT2D eigenvalue weighted by atomic mass is 16.3. The molecule has 8 nitrogen and oxygen atoms in total. The summed E-state index contributed by atoms with van der Waals surface area (Å²) >= 11 is 0. The molecule has 1 aliphatic heterocycles. The number of nitrogens with zero attached hydrogens (tertiary/aromatic N) is 5. The molecule has 1 saturated heterocycles. The van der Waals surface area contributed by atoms with Gasteiger partial charge in [-0.25, -0.2) is 9.97 Å². The molecule has 0 saturated carbocycles. The lowest BCUT2D eigenvalue weighted by atomic mass is 10.0. The number of carbonyl (C=O) groups is 2. The maximum absolute atomic E-state index is 12.3. The molecule has 0 aliphatic carbocycles. The summed E-state index contributed by atoms with van der Waals surface area (Å²) in [4.78, 5) is 35.0. The van der Waals surface area contributed by atoms with Crippen LogP contribution in [-0.2, 0) is 4.79 Å². The molecule has 1 amide bonds. The quantitative estimate of drug-likeness (QED) is 0.772. The molecule has 0 spiro atoms. The molecule has 0 atom stereocenters. The van der Waals surface area contributed by atoms with Gasteiger partial charge >= 0.3 is 0 Å². The van der Waals surface area contributed by atoms with Crippen molar-refractivity contribution in [3.05, 3.63) is 24.3 Å². The van der Waals surface area contributed by atoms with Gasteiger partial charge in [-0.3, -0.25) is 9.59 Å². The van der Waals surface area contributed by atoms with Crippen LogP contribution in [0.1, 0.15) is 23.2 Å². The van der Waals surface area contributed by atoms with E-state index in [2.05, 4.69) is 40.9 Å². The van der Waals surface area contributed by atoms with Crippen LogP contribution >= 0.6 is 0 Å². The number of piperidine rings is 1. The molecule has 1 aromatic heterocycles. The Morgan fingerprint density at radius 2 is 1.79 bits per heavy atom. The lowest BCUT2D eigenvalue weighted by Gasteiger charge is -2.37. The van der Waals surface area contributed by atoms with E-state index in [-0.39, 0.29) is 12.4 Å². The Labute approximate surface area is 143 Å². The van der Waals surface area contributed by atoms with E-state index in [0.29, 0.717) is 11.6 Å². The monoisotopic (exact) mass is 337 g/mol. The Hall–Kier alpha value is -2.06. The number of rotatable bonds is 5. The normalized spacial score (nSPS) is 15.1. The van der Waals surface area contributed by atoms with E-state index < -0.39 is 0 Å². The van der Waals surface area contributed by atoms with Crippen LogP contribution in [0.15, 0.2) is 18.7 Å². The molecule has 1 aromatic rings. The van der Waals surface area contributed by atoms with Crippen molar-refractivity contribution < 1.29 is 14.7 Å². The number of aromatic nitrogens is 2. The molecule has 24 heavy (non-hydrogen) atoms. The van der Waals surface area contributed by atoms with Gasteiger partial charge in [-0.15, -0.1) is 0 Å². The smallest absolute Gasteiger partial charge is 0.290 e. The van der Waals surface area contributed by atoms with Crippen LogP contribution in [0, 0.1) is 0 Å². The van der Waals surface area contributed by atoms with Crippen molar-refractivity contribution in [3.8, 4) is 0 Å². The van der Waals surface area contributed by atoms with Gasteiger partial charge in [0.15, 0.2) is 0 Å². The molecule has 0 radical (unpaired) electrons. The topological polar surface area (TPSA) is 89.9 Å². The molecule has 0 unspecified atom stereocenters. The molecule has 2 rings (SSSR count). The number of hydrogen-bond donors (Lipinski definition) is 1. The van der Waals surface area contributed by atoms with Crippen molar-refractivity contribution in [2.24, 2.45) is 0 Å². The van der Waals surface area contributed by atoms with E-state index in [1.54, 1.807) is 12.4 Å². The zero-order valence-corrected chi connectivity index (χ0v) is 14.6. The lowest BCUT2D eigenvalue weighted by molar-refractivity contribution is -0.122. The summed E-state index contributed by atoms with van der Waals surface area (Å²) in [6.45, 7) is 3.50. The largest absolute Gasteiger partial charge is 0.483 e. The van der Waals surface area contributed by atoms with E-state index in [9.17, 15) is 4.79 Å². The van der Waals surface area contributed by atoms with Gasteiger partial charge in [0.2, 0.25) is 0 Å². The van der Waals surface area contributed by atoms with Crippen LogP contribution < -0.4 is 0 Å².